The standard InChI is InChI=1S/C9H15N7O/c1-17-6-7(2-3-10)12-8-4-11-5-9-13-14-15-16(8)9/h4-5,7,12H,2-3,6,10H2,1H3. The number of nitrogens with one attached hydrogen (secondary N) is 1. The molecule has 0 fully saturated rings. The second-order valence-electron chi connectivity index (χ2n) is 3.62. The first kappa shape index (κ1) is 11.7. The Morgan fingerprint density at radius 2 is 2.41 bits per heavy atom. The van der Waals surface area contributed by atoms with E-state index in [1.54, 1.807) is 24.0 Å². The molecule has 0 aliphatic heterocycles. The van der Waals surface area contributed by atoms with Gasteiger partial charge in [0.25, 0.3) is 0 Å². The topological polar surface area (TPSA) is 103 Å². The van der Waals surface area contributed by atoms with Crippen molar-refractivity contribution in [2.75, 3.05) is 25.6 Å². The number of methoxy groups -OCH3 is 1. The molecular formula is C9H15N7O. The van der Waals surface area contributed by atoms with Crippen molar-refractivity contribution in [2.24, 2.45) is 5.73 Å². The van der Waals surface area contributed by atoms with Gasteiger partial charge in [0.2, 0.25) is 0 Å². The number of nitrogens with two attached hydrogens (primary N) is 1. The number of nitrogens with zero attached hydrogens (tertiary/aromatic N) is 5. The van der Waals surface area contributed by atoms with Gasteiger partial charge in [-0.25, -0.2) is 0 Å². The highest BCUT2D eigenvalue weighted by molar-refractivity contribution is 5.44. The van der Waals surface area contributed by atoms with Crippen molar-refractivity contribution in [3.63, 3.8) is 0 Å². The Morgan fingerprint density at radius 1 is 1.53 bits per heavy atom. The Morgan fingerprint density at radius 3 is 3.18 bits per heavy atom. The molecule has 2 heterocycles. The van der Waals surface area contributed by atoms with Gasteiger partial charge in [0, 0.05) is 7.11 Å². The number of tetrazole rings is 1. The molecule has 8 nitrogen and oxygen atoms in total. The van der Waals surface area contributed by atoms with Gasteiger partial charge in [-0.05, 0) is 23.4 Å². The lowest BCUT2D eigenvalue weighted by Gasteiger charge is -2.17. The van der Waals surface area contributed by atoms with Crippen LogP contribution in [0.15, 0.2) is 12.4 Å². The van der Waals surface area contributed by atoms with E-state index in [0.29, 0.717) is 18.8 Å². The lowest BCUT2D eigenvalue weighted by Crippen LogP contribution is -2.28. The average Bonchev–Trinajstić information content (AvgIpc) is 2.79. The molecule has 0 saturated carbocycles. The van der Waals surface area contributed by atoms with Crippen LogP contribution in [0.25, 0.3) is 5.65 Å². The van der Waals surface area contributed by atoms with E-state index < -0.39 is 0 Å². The zero-order valence-electron chi connectivity index (χ0n) is 9.58. The summed E-state index contributed by atoms with van der Waals surface area (Å²) in [5.74, 6) is 0.725. The van der Waals surface area contributed by atoms with E-state index in [-0.39, 0.29) is 6.04 Å². The summed E-state index contributed by atoms with van der Waals surface area (Å²) in [5, 5.41) is 14.5. The Balaban J connectivity index is 2.18. The third-order valence-electron chi connectivity index (χ3n) is 2.34. The fourth-order valence-corrected chi connectivity index (χ4v) is 1.58. The Bertz CT molecular complexity index is 465. The summed E-state index contributed by atoms with van der Waals surface area (Å²) >= 11 is 0. The van der Waals surface area contributed by atoms with Gasteiger partial charge in [-0.3, -0.25) is 4.98 Å². The van der Waals surface area contributed by atoms with E-state index in [2.05, 4.69) is 25.8 Å². The van der Waals surface area contributed by atoms with Crippen LogP contribution in [0.3, 0.4) is 0 Å². The highest BCUT2D eigenvalue weighted by Crippen LogP contribution is 2.09. The molecule has 92 valence electrons. The molecule has 17 heavy (non-hydrogen) atoms. The molecule has 0 saturated heterocycles. The summed E-state index contributed by atoms with van der Waals surface area (Å²) in [4.78, 5) is 4.06. The molecule has 3 N–H and O–H groups in total. The summed E-state index contributed by atoms with van der Waals surface area (Å²) in [5.41, 5.74) is 6.14. The molecule has 1 atom stereocenters. The summed E-state index contributed by atoms with van der Waals surface area (Å²) in [6, 6.07) is 0.113. The van der Waals surface area contributed by atoms with Crippen LogP contribution < -0.4 is 11.1 Å². The maximum atomic E-state index is 5.55. The fraction of sp³-hybridized carbons (Fsp3) is 0.556. The van der Waals surface area contributed by atoms with Gasteiger partial charge in [-0.15, -0.1) is 5.10 Å². The number of aromatic nitrogens is 5. The molecule has 8 heteroatoms. The van der Waals surface area contributed by atoms with Gasteiger partial charge in [-0.1, -0.05) is 0 Å². The van der Waals surface area contributed by atoms with Gasteiger partial charge < -0.3 is 15.8 Å². The van der Waals surface area contributed by atoms with Crippen molar-refractivity contribution in [3.8, 4) is 0 Å². The first-order chi connectivity index (χ1) is 8.35. The normalized spacial score (nSPS) is 12.8. The predicted molar refractivity (Wildman–Crippen MR) is 61.5 cm³/mol. The van der Waals surface area contributed by atoms with Crippen LogP contribution in [0.2, 0.25) is 0 Å². The van der Waals surface area contributed by atoms with Gasteiger partial charge >= 0.3 is 0 Å². The largest absolute Gasteiger partial charge is 0.383 e. The van der Waals surface area contributed by atoms with Crippen molar-refractivity contribution in [1.29, 1.82) is 0 Å². The summed E-state index contributed by atoms with van der Waals surface area (Å²) in [7, 11) is 1.65. The van der Waals surface area contributed by atoms with Gasteiger partial charge in [0.05, 0.1) is 25.0 Å². The van der Waals surface area contributed by atoms with Gasteiger partial charge in [0.1, 0.15) is 0 Å². The van der Waals surface area contributed by atoms with Crippen molar-refractivity contribution < 1.29 is 4.74 Å². The fourth-order valence-electron chi connectivity index (χ4n) is 1.58. The van der Waals surface area contributed by atoms with Gasteiger partial charge in [-0.2, -0.15) is 4.52 Å². The highest BCUT2D eigenvalue weighted by Gasteiger charge is 2.10. The van der Waals surface area contributed by atoms with Crippen molar-refractivity contribution in [3.05, 3.63) is 12.4 Å². The van der Waals surface area contributed by atoms with E-state index in [9.17, 15) is 0 Å². The second-order valence-corrected chi connectivity index (χ2v) is 3.62. The minimum atomic E-state index is 0.113. The Kier molecular flexibility index (Phi) is 3.78. The molecule has 0 bridgehead atoms. The second kappa shape index (κ2) is 5.51. The number of ether oxygens (including phenoxy) is 1. The SMILES string of the molecule is COCC(CCN)Nc1cncc2nnnn12. The molecule has 0 spiro atoms. The maximum Gasteiger partial charge on any atom is 0.199 e. The van der Waals surface area contributed by atoms with Crippen molar-refractivity contribution in [1.82, 2.24) is 25.0 Å². The van der Waals surface area contributed by atoms with E-state index in [1.165, 1.54) is 0 Å². The minimum absolute atomic E-state index is 0.113. The third-order valence-corrected chi connectivity index (χ3v) is 2.34. The zero-order valence-corrected chi connectivity index (χ0v) is 9.58. The van der Waals surface area contributed by atoms with Crippen LogP contribution in [0.4, 0.5) is 5.82 Å². The Labute approximate surface area is 98.2 Å². The number of anilines is 1. The number of hydrogen-bond acceptors (Lipinski definition) is 7. The molecule has 0 aliphatic rings. The lowest BCUT2D eigenvalue weighted by molar-refractivity contribution is 0.183. The average molecular weight is 237 g/mol. The molecule has 0 aliphatic carbocycles. The van der Waals surface area contributed by atoms with Crippen LogP contribution in [-0.2, 0) is 4.74 Å². The van der Waals surface area contributed by atoms with Crippen molar-refractivity contribution >= 4 is 11.5 Å². The van der Waals surface area contributed by atoms with Crippen LogP contribution >= 0.6 is 0 Å². The van der Waals surface area contributed by atoms with E-state index >= 15 is 0 Å². The van der Waals surface area contributed by atoms with Crippen LogP contribution in [-0.4, -0.2) is 51.3 Å². The molecule has 0 aromatic carbocycles. The third kappa shape index (κ3) is 2.66. The van der Waals surface area contributed by atoms with Crippen LogP contribution in [0.1, 0.15) is 6.42 Å². The smallest absolute Gasteiger partial charge is 0.199 e. The molecule has 2 aromatic heterocycles. The van der Waals surface area contributed by atoms with Gasteiger partial charge in [0.15, 0.2) is 11.5 Å². The summed E-state index contributed by atoms with van der Waals surface area (Å²) in [6.07, 6.45) is 4.06. The first-order valence-corrected chi connectivity index (χ1v) is 5.32. The van der Waals surface area contributed by atoms with E-state index in [0.717, 1.165) is 12.2 Å². The Hall–Kier alpha value is -1.80. The zero-order chi connectivity index (χ0) is 12.1. The molecular weight excluding hydrogens is 222 g/mol. The number of fused-ring (bicyclic) bond motifs is 1. The molecule has 1 unspecified atom stereocenters. The lowest BCUT2D eigenvalue weighted by atomic mass is 10.2. The number of rotatable bonds is 6. The van der Waals surface area contributed by atoms with Crippen LogP contribution in [0.5, 0.6) is 0 Å². The number of hydrogen-bond donors (Lipinski definition) is 2. The first-order valence-electron chi connectivity index (χ1n) is 5.32. The van der Waals surface area contributed by atoms with E-state index in [1.807, 2.05) is 0 Å². The molecule has 2 rings (SSSR count). The van der Waals surface area contributed by atoms with Crippen LogP contribution in [0, 0.1) is 0 Å². The minimum Gasteiger partial charge on any atom is -0.383 e. The molecule has 2 aromatic rings. The maximum absolute atomic E-state index is 5.55. The highest BCUT2D eigenvalue weighted by atomic mass is 16.5. The summed E-state index contributed by atoms with van der Waals surface area (Å²) < 4.78 is 6.71. The molecule has 0 radical (unpaired) electrons. The quantitative estimate of drug-likeness (QED) is 0.684. The molecule has 0 amide bonds. The monoisotopic (exact) mass is 237 g/mol. The van der Waals surface area contributed by atoms with E-state index in [4.69, 9.17) is 10.5 Å². The van der Waals surface area contributed by atoms with Crippen molar-refractivity contribution in [2.45, 2.75) is 12.5 Å². The summed E-state index contributed by atoms with van der Waals surface area (Å²) in [6.45, 7) is 1.15. The predicted octanol–water partition coefficient (Wildman–Crippen LogP) is -0.705.